The second kappa shape index (κ2) is 13.1. The van der Waals surface area contributed by atoms with Crippen LogP contribution in [0, 0.1) is 0 Å². The van der Waals surface area contributed by atoms with E-state index in [1.54, 1.807) is 34.6 Å². The third-order valence-corrected chi connectivity index (χ3v) is 4.82. The number of amides is 2. The predicted molar refractivity (Wildman–Crippen MR) is 123 cm³/mol. The highest BCUT2D eigenvalue weighted by Crippen LogP contribution is 2.18. The Bertz CT molecular complexity index is 796. The molecule has 10 nitrogen and oxygen atoms in total. The molecule has 1 N–H and O–H groups in total. The average Bonchev–Trinajstić information content (AvgIpc) is 2.79. The minimum absolute atomic E-state index is 0.115. The van der Waals surface area contributed by atoms with E-state index in [4.69, 9.17) is 23.7 Å². The molecule has 0 aromatic heterocycles. The fourth-order valence-corrected chi connectivity index (χ4v) is 3.40. The Morgan fingerprint density at radius 3 is 2.44 bits per heavy atom. The Hall–Kier alpha value is -2.85. The molecule has 190 valence electrons. The molecular formula is C24H36N2O8. The highest BCUT2D eigenvalue weighted by atomic mass is 16.6. The first-order chi connectivity index (χ1) is 16.1. The summed E-state index contributed by atoms with van der Waals surface area (Å²) in [5.74, 6) is -0.681. The molecular weight excluding hydrogens is 444 g/mol. The summed E-state index contributed by atoms with van der Waals surface area (Å²) in [5, 5.41) is 2.56. The summed E-state index contributed by atoms with van der Waals surface area (Å²) in [7, 11) is 0. The summed E-state index contributed by atoms with van der Waals surface area (Å²) in [4.78, 5) is 39.3. The van der Waals surface area contributed by atoms with Gasteiger partial charge in [-0.3, -0.25) is 0 Å². The average molecular weight is 481 g/mol. The molecule has 1 aliphatic heterocycles. The molecule has 0 saturated carbocycles. The number of carbonyl (C=O) groups is 3. The molecule has 1 aromatic rings. The lowest BCUT2D eigenvalue weighted by molar-refractivity contribution is -0.159. The lowest BCUT2D eigenvalue weighted by Crippen LogP contribution is -2.60. The number of benzene rings is 1. The first-order valence-corrected chi connectivity index (χ1v) is 11.5. The highest BCUT2D eigenvalue weighted by Gasteiger charge is 2.41. The SMILES string of the molecule is CCOC(=O)[C@@H](NC(=O)OC(C)(C)C)[C@H](OCC)[C@H]1CN(C(=O)OCc2ccccc2)CCO1. The number of ether oxygens (including phenoxy) is 5. The van der Waals surface area contributed by atoms with Gasteiger partial charge in [0.05, 0.1) is 19.8 Å². The third kappa shape index (κ3) is 8.83. The Balaban J connectivity index is 2.12. The van der Waals surface area contributed by atoms with Gasteiger partial charge in [0.15, 0.2) is 6.04 Å². The maximum Gasteiger partial charge on any atom is 0.410 e. The van der Waals surface area contributed by atoms with Crippen molar-refractivity contribution >= 4 is 18.2 Å². The van der Waals surface area contributed by atoms with E-state index in [1.165, 1.54) is 4.90 Å². The van der Waals surface area contributed by atoms with Crippen molar-refractivity contribution in [2.45, 2.75) is 65.1 Å². The summed E-state index contributed by atoms with van der Waals surface area (Å²) in [5.41, 5.74) is 0.113. The first kappa shape index (κ1) is 27.4. The molecule has 0 unspecified atom stereocenters. The lowest BCUT2D eigenvalue weighted by atomic mass is 10.0. The van der Waals surface area contributed by atoms with Crippen molar-refractivity contribution in [1.29, 1.82) is 0 Å². The van der Waals surface area contributed by atoms with Crippen molar-refractivity contribution in [3.05, 3.63) is 35.9 Å². The van der Waals surface area contributed by atoms with Crippen molar-refractivity contribution in [2.75, 3.05) is 32.9 Å². The number of carbonyl (C=O) groups excluding carboxylic acids is 3. The van der Waals surface area contributed by atoms with E-state index in [0.29, 0.717) is 6.54 Å². The minimum atomic E-state index is -1.19. The van der Waals surface area contributed by atoms with E-state index in [1.807, 2.05) is 30.3 Å². The smallest absolute Gasteiger partial charge is 0.410 e. The zero-order valence-electron chi connectivity index (χ0n) is 20.6. The van der Waals surface area contributed by atoms with Crippen LogP contribution in [0.2, 0.25) is 0 Å². The molecule has 0 aliphatic carbocycles. The zero-order valence-corrected chi connectivity index (χ0v) is 20.6. The second-order valence-electron chi connectivity index (χ2n) is 8.69. The molecule has 10 heteroatoms. The monoisotopic (exact) mass is 480 g/mol. The molecule has 34 heavy (non-hydrogen) atoms. The van der Waals surface area contributed by atoms with Gasteiger partial charge in [-0.05, 0) is 40.2 Å². The summed E-state index contributed by atoms with van der Waals surface area (Å²) in [6.07, 6.45) is -2.91. The summed E-state index contributed by atoms with van der Waals surface area (Å²) < 4.78 is 27.6. The summed E-state index contributed by atoms with van der Waals surface area (Å²) >= 11 is 0. The van der Waals surface area contributed by atoms with Crippen molar-refractivity contribution in [2.24, 2.45) is 0 Å². The molecule has 3 atom stereocenters. The van der Waals surface area contributed by atoms with Crippen LogP contribution in [0.3, 0.4) is 0 Å². The van der Waals surface area contributed by atoms with E-state index < -0.39 is 42.0 Å². The van der Waals surface area contributed by atoms with Gasteiger partial charge in [-0.2, -0.15) is 0 Å². The van der Waals surface area contributed by atoms with E-state index in [2.05, 4.69) is 5.32 Å². The van der Waals surface area contributed by atoms with Crippen molar-refractivity contribution in [3.63, 3.8) is 0 Å². The second-order valence-corrected chi connectivity index (χ2v) is 8.69. The van der Waals surface area contributed by atoms with E-state index in [-0.39, 0.29) is 33.0 Å². The molecule has 1 aromatic carbocycles. The van der Waals surface area contributed by atoms with Crippen LogP contribution in [0.5, 0.6) is 0 Å². The van der Waals surface area contributed by atoms with Crippen molar-refractivity contribution in [3.8, 4) is 0 Å². The fraction of sp³-hybridized carbons (Fsp3) is 0.625. The van der Waals surface area contributed by atoms with Crippen LogP contribution in [0.4, 0.5) is 9.59 Å². The predicted octanol–water partition coefficient (Wildman–Crippen LogP) is 2.89. The van der Waals surface area contributed by atoms with Crippen molar-refractivity contribution < 1.29 is 38.1 Å². The van der Waals surface area contributed by atoms with E-state index in [0.717, 1.165) is 5.56 Å². The van der Waals surface area contributed by atoms with Gasteiger partial charge in [-0.25, -0.2) is 14.4 Å². The molecule has 0 spiro atoms. The lowest BCUT2D eigenvalue weighted by Gasteiger charge is -2.38. The number of morpholine rings is 1. The van der Waals surface area contributed by atoms with E-state index in [9.17, 15) is 14.4 Å². The highest BCUT2D eigenvalue weighted by molar-refractivity contribution is 5.82. The maximum atomic E-state index is 12.7. The largest absolute Gasteiger partial charge is 0.464 e. The molecule has 2 rings (SSSR count). The fourth-order valence-electron chi connectivity index (χ4n) is 3.40. The zero-order chi connectivity index (χ0) is 25.1. The topological polar surface area (TPSA) is 113 Å². The van der Waals surface area contributed by atoms with Gasteiger partial charge in [0.2, 0.25) is 0 Å². The van der Waals surface area contributed by atoms with Gasteiger partial charge in [0.1, 0.15) is 24.4 Å². The normalized spacial score (nSPS) is 17.9. The molecule has 1 saturated heterocycles. The van der Waals surface area contributed by atoms with Crippen LogP contribution in [0.1, 0.15) is 40.2 Å². The standard InChI is InChI=1S/C24H36N2O8/c1-6-30-20(19(21(27)31-7-2)25-22(28)34-24(3,4)5)18-15-26(13-14-32-18)23(29)33-16-17-11-9-8-10-12-17/h8-12,18-20H,6-7,13-16H2,1-5H3,(H,25,28)/t18-,19+,20-/m1/s1. The van der Waals surface area contributed by atoms with Crippen LogP contribution in [-0.4, -0.2) is 79.8 Å². The Morgan fingerprint density at radius 2 is 1.82 bits per heavy atom. The molecule has 0 radical (unpaired) electrons. The van der Waals surface area contributed by atoms with Crippen LogP contribution in [0.15, 0.2) is 30.3 Å². The van der Waals surface area contributed by atoms with E-state index >= 15 is 0 Å². The van der Waals surface area contributed by atoms with Crippen LogP contribution < -0.4 is 5.32 Å². The third-order valence-electron chi connectivity index (χ3n) is 4.82. The first-order valence-electron chi connectivity index (χ1n) is 11.5. The van der Waals surface area contributed by atoms with Gasteiger partial charge < -0.3 is 33.9 Å². The quantitative estimate of drug-likeness (QED) is 0.424. The maximum absolute atomic E-state index is 12.7. The number of alkyl carbamates (subject to hydrolysis) is 1. The Kier molecular flexibility index (Phi) is 10.6. The Labute approximate surface area is 200 Å². The molecule has 2 amide bonds. The number of hydrogen-bond donors (Lipinski definition) is 1. The van der Waals surface area contributed by atoms with Crippen molar-refractivity contribution in [1.82, 2.24) is 10.2 Å². The van der Waals surface area contributed by atoms with Crippen LogP contribution >= 0.6 is 0 Å². The van der Waals surface area contributed by atoms with Gasteiger partial charge in [0.25, 0.3) is 0 Å². The molecule has 1 aliphatic rings. The van der Waals surface area contributed by atoms with Crippen LogP contribution in [-0.2, 0) is 35.1 Å². The minimum Gasteiger partial charge on any atom is -0.464 e. The summed E-state index contributed by atoms with van der Waals surface area (Å²) in [6.45, 7) is 9.74. The number of esters is 1. The summed E-state index contributed by atoms with van der Waals surface area (Å²) in [6, 6.07) is 8.16. The molecule has 0 bridgehead atoms. The Morgan fingerprint density at radius 1 is 1.12 bits per heavy atom. The number of nitrogens with one attached hydrogen (secondary N) is 1. The van der Waals surface area contributed by atoms with Gasteiger partial charge in [0, 0.05) is 13.2 Å². The molecule has 1 fully saturated rings. The van der Waals surface area contributed by atoms with Gasteiger partial charge in [-0.15, -0.1) is 0 Å². The number of hydrogen-bond acceptors (Lipinski definition) is 8. The van der Waals surface area contributed by atoms with Crippen LogP contribution in [0.25, 0.3) is 0 Å². The number of nitrogens with zero attached hydrogens (tertiary/aromatic N) is 1. The van der Waals surface area contributed by atoms with Gasteiger partial charge >= 0.3 is 18.2 Å². The number of rotatable bonds is 9. The van der Waals surface area contributed by atoms with Gasteiger partial charge in [-0.1, -0.05) is 30.3 Å². The molecule has 1 heterocycles.